The summed E-state index contributed by atoms with van der Waals surface area (Å²) in [5.74, 6) is -0.845. The highest BCUT2D eigenvalue weighted by atomic mass is 19.4. The number of rotatable bonds is 3. The Hall–Kier alpha value is -4.03. The lowest BCUT2D eigenvalue weighted by atomic mass is 9.73. The molecule has 3 aromatic rings. The molecule has 2 aromatic heterocycles. The van der Waals surface area contributed by atoms with Gasteiger partial charge in [0.1, 0.15) is 22.8 Å². The van der Waals surface area contributed by atoms with Gasteiger partial charge in [-0.15, -0.1) is 13.2 Å². The van der Waals surface area contributed by atoms with Crippen molar-refractivity contribution in [2.45, 2.75) is 70.8 Å². The summed E-state index contributed by atoms with van der Waals surface area (Å²) in [5, 5.41) is 0.798. The third-order valence-corrected chi connectivity index (χ3v) is 9.16. The zero-order chi connectivity index (χ0) is 32.3. The van der Waals surface area contributed by atoms with Crippen LogP contribution in [0.15, 0.2) is 24.4 Å². The third-order valence-electron chi connectivity index (χ3n) is 9.16. The van der Waals surface area contributed by atoms with Gasteiger partial charge in [0.15, 0.2) is 0 Å². The number of halogens is 4. The van der Waals surface area contributed by atoms with Crippen LogP contribution in [-0.4, -0.2) is 69.9 Å². The number of carbonyl (C=O) groups is 2. The number of ether oxygens (including phenoxy) is 2. The highest BCUT2D eigenvalue weighted by Gasteiger charge is 2.39. The number of benzene rings is 1. The standard InChI is InChI=1S/C32H37F4N5O4/c1-31(2,3)45-30(43)41-11-8-18-13-25-22(12-19(18)16-41)27-26(23(33)15-38-28(27)39-25)17-6-9-40(10-7-17)29(42)21-5-4-20(14-24(21)37)44-32(34,35)36/h4-5,14-15,17-19H,6-13,16,37H2,1-3H3,(H,38,39)/t18-,19+/m0/s1. The van der Waals surface area contributed by atoms with Crippen molar-refractivity contribution in [3.63, 3.8) is 0 Å². The van der Waals surface area contributed by atoms with Crippen molar-refractivity contribution in [1.29, 1.82) is 0 Å². The van der Waals surface area contributed by atoms with Crippen LogP contribution in [0.1, 0.15) is 73.1 Å². The average molecular weight is 632 g/mol. The minimum absolute atomic E-state index is 0.0858. The van der Waals surface area contributed by atoms with E-state index < -0.39 is 23.6 Å². The number of nitrogen functional groups attached to an aromatic ring is 1. The number of aromatic nitrogens is 2. The summed E-state index contributed by atoms with van der Waals surface area (Å²) in [6, 6.07) is 3.27. The van der Waals surface area contributed by atoms with E-state index in [2.05, 4.69) is 14.7 Å². The topological polar surface area (TPSA) is 114 Å². The van der Waals surface area contributed by atoms with E-state index in [9.17, 15) is 22.8 Å². The van der Waals surface area contributed by atoms with Crippen molar-refractivity contribution in [3.8, 4) is 5.75 Å². The SMILES string of the molecule is CC(C)(C)OC(=O)N1CC[C@H]2Cc3[nH]c4ncc(F)c(C5CCN(C(=O)c6ccc(OC(F)(F)F)cc6N)CC5)c4c3C[C@@H]2C1. The fourth-order valence-electron chi connectivity index (χ4n) is 7.14. The quantitative estimate of drug-likeness (QED) is 0.264. The van der Waals surface area contributed by atoms with Crippen LogP contribution in [0.5, 0.6) is 5.75 Å². The first kappa shape index (κ1) is 31.0. The van der Waals surface area contributed by atoms with Crippen molar-refractivity contribution >= 4 is 28.7 Å². The summed E-state index contributed by atoms with van der Waals surface area (Å²) < 4.78 is 62.8. The fraction of sp³-hybridized carbons (Fsp3) is 0.531. The van der Waals surface area contributed by atoms with Gasteiger partial charge >= 0.3 is 12.5 Å². The molecule has 0 bridgehead atoms. The summed E-state index contributed by atoms with van der Waals surface area (Å²) in [4.78, 5) is 37.3. The highest BCUT2D eigenvalue weighted by Crippen LogP contribution is 2.43. The number of piperidine rings is 2. The van der Waals surface area contributed by atoms with Crippen molar-refractivity contribution in [1.82, 2.24) is 19.8 Å². The molecule has 2 fully saturated rings. The summed E-state index contributed by atoms with van der Waals surface area (Å²) in [7, 11) is 0. The molecule has 1 aromatic carbocycles. The lowest BCUT2D eigenvalue weighted by molar-refractivity contribution is -0.274. The molecule has 2 atom stereocenters. The molecule has 2 amide bonds. The maximum atomic E-state index is 15.6. The van der Waals surface area contributed by atoms with Gasteiger partial charge in [0.25, 0.3) is 5.91 Å². The summed E-state index contributed by atoms with van der Waals surface area (Å²) in [6.07, 6.45) is -0.576. The van der Waals surface area contributed by atoms with Gasteiger partial charge in [0, 0.05) is 54.6 Å². The van der Waals surface area contributed by atoms with E-state index in [1.165, 1.54) is 12.3 Å². The first-order valence-corrected chi connectivity index (χ1v) is 15.3. The number of H-pyrrole nitrogens is 1. The Kier molecular flexibility index (Phi) is 7.85. The molecule has 13 heteroatoms. The third kappa shape index (κ3) is 6.39. The zero-order valence-electron chi connectivity index (χ0n) is 25.5. The largest absolute Gasteiger partial charge is 0.573 e. The van der Waals surface area contributed by atoms with E-state index in [-0.39, 0.29) is 35.0 Å². The lowest BCUT2D eigenvalue weighted by Gasteiger charge is -2.41. The summed E-state index contributed by atoms with van der Waals surface area (Å²) in [6.45, 7) is 7.43. The minimum Gasteiger partial charge on any atom is -0.444 e. The molecule has 0 radical (unpaired) electrons. The molecule has 6 rings (SSSR count). The molecule has 242 valence electrons. The highest BCUT2D eigenvalue weighted by molar-refractivity contribution is 5.99. The van der Waals surface area contributed by atoms with Crippen LogP contribution >= 0.6 is 0 Å². The molecule has 2 saturated heterocycles. The number of aromatic amines is 1. The van der Waals surface area contributed by atoms with Crippen LogP contribution < -0.4 is 10.5 Å². The second-order valence-corrected chi connectivity index (χ2v) is 13.3. The minimum atomic E-state index is -4.87. The molecule has 1 aliphatic carbocycles. The van der Waals surface area contributed by atoms with Crippen LogP contribution in [0, 0.1) is 17.7 Å². The first-order valence-electron chi connectivity index (χ1n) is 15.3. The molecule has 0 spiro atoms. The first-order chi connectivity index (χ1) is 21.2. The number of hydrogen-bond acceptors (Lipinski definition) is 6. The van der Waals surface area contributed by atoms with E-state index in [1.807, 2.05) is 20.8 Å². The normalized spacial score (nSPS) is 21.0. The number of nitrogens with zero attached hydrogens (tertiary/aromatic N) is 3. The number of carbonyl (C=O) groups excluding carboxylic acids is 2. The van der Waals surface area contributed by atoms with Crippen LogP contribution in [0.25, 0.3) is 11.0 Å². The number of hydrogen-bond donors (Lipinski definition) is 2. The van der Waals surface area contributed by atoms with Crippen molar-refractivity contribution in [3.05, 3.63) is 52.6 Å². The number of nitrogens with two attached hydrogens (primary N) is 1. The molecule has 9 nitrogen and oxygen atoms in total. The smallest absolute Gasteiger partial charge is 0.444 e. The molecule has 3 aliphatic rings. The van der Waals surface area contributed by atoms with E-state index in [4.69, 9.17) is 10.5 Å². The second-order valence-electron chi connectivity index (χ2n) is 13.3. The number of fused-ring (bicyclic) bond motifs is 4. The maximum absolute atomic E-state index is 15.6. The van der Waals surface area contributed by atoms with Gasteiger partial charge in [-0.25, -0.2) is 14.2 Å². The van der Waals surface area contributed by atoms with Gasteiger partial charge in [-0.1, -0.05) is 0 Å². The Morgan fingerprint density at radius 2 is 1.73 bits per heavy atom. The zero-order valence-corrected chi connectivity index (χ0v) is 25.5. The second kappa shape index (κ2) is 11.4. The number of anilines is 1. The Morgan fingerprint density at radius 3 is 2.40 bits per heavy atom. The predicted molar refractivity (Wildman–Crippen MR) is 158 cm³/mol. The number of likely N-dealkylation sites (tertiary alicyclic amines) is 2. The Bertz CT molecular complexity index is 1620. The van der Waals surface area contributed by atoms with Crippen LogP contribution in [0.4, 0.5) is 28.0 Å². The maximum Gasteiger partial charge on any atom is 0.573 e. The van der Waals surface area contributed by atoms with Crippen LogP contribution in [0.2, 0.25) is 0 Å². The van der Waals surface area contributed by atoms with Gasteiger partial charge < -0.3 is 30.0 Å². The molecule has 4 heterocycles. The fourth-order valence-corrected chi connectivity index (χ4v) is 7.14. The monoisotopic (exact) mass is 631 g/mol. The molecular formula is C32H37F4N5O4. The van der Waals surface area contributed by atoms with E-state index >= 15 is 4.39 Å². The summed E-state index contributed by atoms with van der Waals surface area (Å²) >= 11 is 0. The van der Waals surface area contributed by atoms with Crippen molar-refractivity contribution < 1.29 is 36.6 Å². The molecule has 0 unspecified atom stereocenters. The number of nitrogens with one attached hydrogen (secondary N) is 1. The van der Waals surface area contributed by atoms with Crippen molar-refractivity contribution in [2.24, 2.45) is 11.8 Å². The van der Waals surface area contributed by atoms with Crippen molar-refractivity contribution in [2.75, 3.05) is 31.9 Å². The number of amides is 2. The van der Waals surface area contributed by atoms with E-state index in [0.717, 1.165) is 41.6 Å². The Labute approximate surface area is 258 Å². The summed E-state index contributed by atoms with van der Waals surface area (Å²) in [5.41, 5.74) is 8.66. The average Bonchev–Trinajstić information content (AvgIpc) is 3.31. The number of alkyl halides is 3. The predicted octanol–water partition coefficient (Wildman–Crippen LogP) is 6.17. The van der Waals surface area contributed by atoms with Gasteiger partial charge in [-0.2, -0.15) is 0 Å². The Morgan fingerprint density at radius 1 is 1.02 bits per heavy atom. The molecule has 3 N–H and O–H groups in total. The van der Waals surface area contributed by atoms with Crippen LogP contribution in [-0.2, 0) is 17.6 Å². The van der Waals surface area contributed by atoms with Gasteiger partial charge in [0.05, 0.1) is 11.8 Å². The molecular weight excluding hydrogens is 594 g/mol. The molecule has 2 aliphatic heterocycles. The number of pyridine rings is 1. The van der Waals surface area contributed by atoms with E-state index in [1.54, 1.807) is 9.80 Å². The molecule has 0 saturated carbocycles. The van der Waals surface area contributed by atoms with Gasteiger partial charge in [-0.05, 0) is 88.3 Å². The van der Waals surface area contributed by atoms with E-state index in [0.29, 0.717) is 62.6 Å². The van der Waals surface area contributed by atoms with Gasteiger partial charge in [-0.3, -0.25) is 4.79 Å². The lowest BCUT2D eigenvalue weighted by Crippen LogP contribution is -2.47. The molecule has 45 heavy (non-hydrogen) atoms. The Balaban J connectivity index is 1.19. The van der Waals surface area contributed by atoms with Gasteiger partial charge in [0.2, 0.25) is 0 Å². The van der Waals surface area contributed by atoms with Crippen LogP contribution in [0.3, 0.4) is 0 Å².